The molecule has 0 saturated heterocycles. The number of amides is 1. The minimum Gasteiger partial charge on any atom is -0.493 e. The first-order chi connectivity index (χ1) is 15.6. The van der Waals surface area contributed by atoms with Gasteiger partial charge in [0, 0.05) is 50.9 Å². The molecule has 3 aromatic rings. The molecule has 4 rings (SSSR count). The highest BCUT2D eigenvalue weighted by atomic mass is 127. The number of likely N-dealkylation sites (N-methyl/N-ethyl adjacent to an activating group) is 1. The summed E-state index contributed by atoms with van der Waals surface area (Å²) < 4.78 is 8.05. The molecular formula is C25H32IN5O2. The SMILES string of the molecule is CN(C)C(=O)CN=C(NCCCn1ccc2ccccc21)NC1CCOc2ccccc21.I. The Balaban J connectivity index is 0.00000306. The van der Waals surface area contributed by atoms with Gasteiger partial charge in [-0.2, -0.15) is 0 Å². The van der Waals surface area contributed by atoms with E-state index < -0.39 is 0 Å². The second kappa shape index (κ2) is 11.9. The van der Waals surface area contributed by atoms with Crippen LogP contribution in [0.4, 0.5) is 0 Å². The summed E-state index contributed by atoms with van der Waals surface area (Å²) >= 11 is 0. The summed E-state index contributed by atoms with van der Waals surface area (Å²) in [5, 5.41) is 8.18. The van der Waals surface area contributed by atoms with E-state index in [4.69, 9.17) is 4.74 Å². The van der Waals surface area contributed by atoms with Gasteiger partial charge in [-0.1, -0.05) is 36.4 Å². The first-order valence-corrected chi connectivity index (χ1v) is 11.1. The lowest BCUT2D eigenvalue weighted by atomic mass is 10.0. The van der Waals surface area contributed by atoms with E-state index in [1.165, 1.54) is 10.9 Å². The number of guanidine groups is 1. The molecule has 33 heavy (non-hydrogen) atoms. The summed E-state index contributed by atoms with van der Waals surface area (Å²) in [4.78, 5) is 18.2. The summed E-state index contributed by atoms with van der Waals surface area (Å²) in [7, 11) is 3.49. The van der Waals surface area contributed by atoms with Gasteiger partial charge in [0.05, 0.1) is 12.6 Å². The van der Waals surface area contributed by atoms with Crippen LogP contribution in [0.1, 0.15) is 24.4 Å². The maximum absolute atomic E-state index is 12.1. The first kappa shape index (κ1) is 24.9. The average molecular weight is 561 g/mol. The third kappa shape index (κ3) is 6.40. The predicted molar refractivity (Wildman–Crippen MR) is 143 cm³/mol. The quantitative estimate of drug-likeness (QED) is 0.199. The average Bonchev–Trinajstić information content (AvgIpc) is 3.23. The lowest BCUT2D eigenvalue weighted by Crippen LogP contribution is -2.42. The largest absolute Gasteiger partial charge is 0.493 e. The van der Waals surface area contributed by atoms with Crippen molar-refractivity contribution in [1.29, 1.82) is 0 Å². The molecule has 1 atom stereocenters. The van der Waals surface area contributed by atoms with E-state index in [9.17, 15) is 4.79 Å². The Morgan fingerprint density at radius 1 is 1.15 bits per heavy atom. The van der Waals surface area contributed by atoms with Crippen LogP contribution in [0.25, 0.3) is 10.9 Å². The Morgan fingerprint density at radius 3 is 2.79 bits per heavy atom. The van der Waals surface area contributed by atoms with Crippen LogP contribution in [0.3, 0.4) is 0 Å². The molecule has 1 amide bonds. The highest BCUT2D eigenvalue weighted by Crippen LogP contribution is 2.31. The number of ether oxygens (including phenoxy) is 1. The summed E-state index contributed by atoms with van der Waals surface area (Å²) in [5.41, 5.74) is 2.36. The monoisotopic (exact) mass is 561 g/mol. The zero-order valence-electron chi connectivity index (χ0n) is 19.2. The Labute approximate surface area is 212 Å². The third-order valence-corrected chi connectivity index (χ3v) is 5.69. The number of nitrogens with zero attached hydrogens (tertiary/aromatic N) is 3. The number of halogens is 1. The molecule has 0 saturated carbocycles. The number of benzene rings is 2. The van der Waals surface area contributed by atoms with Gasteiger partial charge in [0.1, 0.15) is 12.3 Å². The molecule has 1 aliphatic heterocycles. The summed E-state index contributed by atoms with van der Waals surface area (Å²) in [6.07, 6.45) is 3.91. The number of hydrogen-bond donors (Lipinski definition) is 2. The standard InChI is InChI=1S/C25H31N5O2.HI/c1-29(2)24(31)18-27-25(28-21-13-17-32-23-11-6-4-9-20(21)23)26-14-7-15-30-16-12-19-8-3-5-10-22(19)30;/h3-6,8-12,16,21H,7,13-15,17-18H2,1-2H3,(H2,26,27,28);1H. The Bertz CT molecular complexity index is 1100. The topological polar surface area (TPSA) is 70.9 Å². The van der Waals surface area contributed by atoms with Gasteiger partial charge in [0.25, 0.3) is 0 Å². The molecule has 2 N–H and O–H groups in total. The van der Waals surface area contributed by atoms with Gasteiger partial charge in [0.15, 0.2) is 5.96 Å². The van der Waals surface area contributed by atoms with Crippen molar-refractivity contribution in [2.45, 2.75) is 25.4 Å². The van der Waals surface area contributed by atoms with Crippen molar-refractivity contribution in [1.82, 2.24) is 20.1 Å². The van der Waals surface area contributed by atoms with E-state index in [0.29, 0.717) is 12.6 Å². The van der Waals surface area contributed by atoms with E-state index in [-0.39, 0.29) is 42.5 Å². The minimum atomic E-state index is -0.0303. The second-order valence-corrected chi connectivity index (χ2v) is 8.17. The van der Waals surface area contributed by atoms with E-state index in [0.717, 1.165) is 37.2 Å². The fraction of sp³-hybridized carbons (Fsp3) is 0.360. The normalized spacial score (nSPS) is 15.2. The maximum atomic E-state index is 12.1. The summed E-state index contributed by atoms with van der Waals surface area (Å²) in [6.45, 7) is 2.42. The zero-order chi connectivity index (χ0) is 22.3. The van der Waals surface area contributed by atoms with Gasteiger partial charge >= 0.3 is 0 Å². The van der Waals surface area contributed by atoms with Crippen LogP contribution in [-0.2, 0) is 11.3 Å². The smallest absolute Gasteiger partial charge is 0.243 e. The highest BCUT2D eigenvalue weighted by Gasteiger charge is 2.22. The van der Waals surface area contributed by atoms with Crippen LogP contribution in [0.15, 0.2) is 65.8 Å². The molecule has 2 aromatic carbocycles. The van der Waals surface area contributed by atoms with E-state index in [1.54, 1.807) is 19.0 Å². The number of nitrogens with one attached hydrogen (secondary N) is 2. The number of hydrogen-bond acceptors (Lipinski definition) is 3. The summed E-state index contributed by atoms with van der Waals surface area (Å²) in [5.74, 6) is 1.52. The van der Waals surface area contributed by atoms with Crippen molar-refractivity contribution < 1.29 is 9.53 Å². The molecule has 2 heterocycles. The van der Waals surface area contributed by atoms with Gasteiger partial charge in [-0.15, -0.1) is 24.0 Å². The molecule has 0 spiro atoms. The predicted octanol–water partition coefficient (Wildman–Crippen LogP) is 3.80. The van der Waals surface area contributed by atoms with Gasteiger partial charge in [-0.25, -0.2) is 4.99 Å². The Kier molecular flexibility index (Phi) is 8.99. The van der Waals surface area contributed by atoms with Gasteiger partial charge in [-0.05, 0) is 30.0 Å². The first-order valence-electron chi connectivity index (χ1n) is 11.1. The number of para-hydroxylation sites is 2. The van der Waals surface area contributed by atoms with Crippen LogP contribution in [-0.4, -0.2) is 55.1 Å². The molecule has 8 heteroatoms. The molecule has 7 nitrogen and oxygen atoms in total. The Hall–Kier alpha value is -2.75. The zero-order valence-corrected chi connectivity index (χ0v) is 21.5. The molecule has 0 radical (unpaired) electrons. The molecule has 0 fully saturated rings. The van der Waals surface area contributed by atoms with Crippen LogP contribution in [0, 0.1) is 0 Å². The van der Waals surface area contributed by atoms with Crippen LogP contribution in [0.2, 0.25) is 0 Å². The minimum absolute atomic E-state index is 0. The number of carbonyl (C=O) groups is 1. The Morgan fingerprint density at radius 2 is 1.94 bits per heavy atom. The third-order valence-electron chi connectivity index (χ3n) is 5.69. The number of aryl methyl sites for hydroxylation is 1. The number of fused-ring (bicyclic) bond motifs is 2. The lowest BCUT2D eigenvalue weighted by Gasteiger charge is -2.28. The van der Waals surface area contributed by atoms with E-state index in [2.05, 4.69) is 62.8 Å². The number of rotatable bonds is 7. The summed E-state index contributed by atoms with van der Waals surface area (Å²) in [6, 6.07) is 18.7. The van der Waals surface area contributed by atoms with Crippen molar-refractivity contribution in [2.24, 2.45) is 4.99 Å². The van der Waals surface area contributed by atoms with Crippen molar-refractivity contribution in [2.75, 3.05) is 33.8 Å². The van der Waals surface area contributed by atoms with Crippen LogP contribution < -0.4 is 15.4 Å². The van der Waals surface area contributed by atoms with E-state index >= 15 is 0 Å². The number of carbonyl (C=O) groups excluding carboxylic acids is 1. The molecular weight excluding hydrogens is 529 g/mol. The van der Waals surface area contributed by atoms with E-state index in [1.807, 2.05) is 18.2 Å². The molecule has 176 valence electrons. The van der Waals surface area contributed by atoms with Gasteiger partial charge < -0.3 is 24.8 Å². The van der Waals surface area contributed by atoms with Crippen molar-refractivity contribution >= 4 is 46.7 Å². The maximum Gasteiger partial charge on any atom is 0.243 e. The number of aliphatic imine (C=N–C) groups is 1. The van der Waals surface area contributed by atoms with Gasteiger partial charge in [0.2, 0.25) is 5.91 Å². The fourth-order valence-corrected chi connectivity index (χ4v) is 3.89. The lowest BCUT2D eigenvalue weighted by molar-refractivity contribution is -0.127. The van der Waals surface area contributed by atoms with Crippen molar-refractivity contribution in [3.63, 3.8) is 0 Å². The molecule has 0 aliphatic carbocycles. The highest BCUT2D eigenvalue weighted by molar-refractivity contribution is 14.0. The molecule has 1 unspecified atom stereocenters. The van der Waals surface area contributed by atoms with Crippen molar-refractivity contribution in [3.8, 4) is 5.75 Å². The molecule has 1 aromatic heterocycles. The second-order valence-electron chi connectivity index (χ2n) is 8.17. The van der Waals surface area contributed by atoms with Crippen LogP contribution in [0.5, 0.6) is 5.75 Å². The molecule has 1 aliphatic rings. The molecule has 0 bridgehead atoms. The number of aromatic nitrogens is 1. The van der Waals surface area contributed by atoms with Crippen LogP contribution >= 0.6 is 24.0 Å². The van der Waals surface area contributed by atoms with Crippen molar-refractivity contribution in [3.05, 3.63) is 66.4 Å². The van der Waals surface area contributed by atoms with Gasteiger partial charge in [-0.3, -0.25) is 4.79 Å². The fourth-order valence-electron chi connectivity index (χ4n) is 3.89.